The van der Waals surface area contributed by atoms with E-state index in [1.54, 1.807) is 23.9 Å². The Labute approximate surface area is 75.6 Å². The molecule has 12 heavy (non-hydrogen) atoms. The van der Waals surface area contributed by atoms with Crippen LogP contribution in [-0.2, 0) is 0 Å². The molecule has 1 aromatic rings. The minimum atomic E-state index is 0.0558. The lowest BCUT2D eigenvalue weighted by molar-refractivity contribution is 0.112. The van der Waals surface area contributed by atoms with Gasteiger partial charge in [-0.3, -0.25) is 4.79 Å². The van der Waals surface area contributed by atoms with Gasteiger partial charge in [0.15, 0.2) is 6.29 Å². The molecule has 0 aliphatic heterocycles. The summed E-state index contributed by atoms with van der Waals surface area (Å²) < 4.78 is 0. The predicted molar refractivity (Wildman–Crippen MR) is 50.0 cm³/mol. The lowest BCUT2D eigenvalue weighted by Gasteiger charge is -2.04. The third-order valence-corrected chi connectivity index (χ3v) is 2.55. The second-order valence-corrected chi connectivity index (χ2v) is 3.35. The van der Waals surface area contributed by atoms with Crippen molar-refractivity contribution in [3.63, 3.8) is 0 Å². The maximum atomic E-state index is 10.4. The number of hydrogen-bond donors (Lipinski definition) is 1. The Balaban J connectivity index is 3.26. The smallest absolute Gasteiger partial charge is 0.153 e. The van der Waals surface area contributed by atoms with Crippen LogP contribution in [0.2, 0.25) is 0 Å². The molecule has 0 unspecified atom stereocenters. The fraction of sp³-hybridized carbons (Fsp3) is 0.222. The van der Waals surface area contributed by atoms with Crippen LogP contribution in [0.1, 0.15) is 15.9 Å². The number of phenols is 1. The maximum absolute atomic E-state index is 10.4. The van der Waals surface area contributed by atoms with Gasteiger partial charge in [-0.2, -0.15) is 0 Å². The van der Waals surface area contributed by atoms with Crippen LogP contribution in [-0.4, -0.2) is 17.6 Å². The number of phenolic OH excluding ortho intramolecular Hbond substituents is 1. The first-order valence-corrected chi connectivity index (χ1v) is 4.74. The SMILES string of the molecule is CSc1cc(C=O)c(O)cc1C. The molecule has 0 saturated carbocycles. The molecule has 64 valence electrons. The van der Waals surface area contributed by atoms with Crippen molar-refractivity contribution in [2.24, 2.45) is 0 Å². The van der Waals surface area contributed by atoms with Crippen LogP contribution >= 0.6 is 11.8 Å². The molecular weight excluding hydrogens is 172 g/mol. The number of carbonyl (C=O) groups is 1. The van der Waals surface area contributed by atoms with Crippen LogP contribution < -0.4 is 0 Å². The van der Waals surface area contributed by atoms with Gasteiger partial charge in [-0.1, -0.05) is 0 Å². The first-order chi connectivity index (χ1) is 5.69. The highest BCUT2D eigenvalue weighted by molar-refractivity contribution is 7.98. The van der Waals surface area contributed by atoms with Gasteiger partial charge in [0.25, 0.3) is 0 Å². The molecule has 0 fully saturated rings. The average molecular weight is 182 g/mol. The Kier molecular flexibility index (Phi) is 2.76. The van der Waals surface area contributed by atoms with Gasteiger partial charge in [-0.05, 0) is 30.9 Å². The van der Waals surface area contributed by atoms with Crippen molar-refractivity contribution in [3.05, 3.63) is 23.3 Å². The number of hydrogen-bond acceptors (Lipinski definition) is 3. The molecule has 0 heterocycles. The summed E-state index contributed by atoms with van der Waals surface area (Å²) in [4.78, 5) is 11.5. The number of aldehydes is 1. The number of aryl methyl sites for hydroxylation is 1. The Morgan fingerprint density at radius 2 is 2.17 bits per heavy atom. The van der Waals surface area contributed by atoms with Crippen LogP contribution in [0.15, 0.2) is 17.0 Å². The van der Waals surface area contributed by atoms with Gasteiger partial charge in [-0.15, -0.1) is 11.8 Å². The molecule has 0 amide bonds. The summed E-state index contributed by atoms with van der Waals surface area (Å²) in [6.45, 7) is 1.90. The van der Waals surface area contributed by atoms with E-state index in [4.69, 9.17) is 0 Å². The summed E-state index contributed by atoms with van der Waals surface area (Å²) in [5.74, 6) is 0.0558. The van der Waals surface area contributed by atoms with E-state index in [1.165, 1.54) is 0 Å². The summed E-state index contributed by atoms with van der Waals surface area (Å²) in [5, 5.41) is 9.27. The molecule has 3 heteroatoms. The molecule has 1 aromatic carbocycles. The van der Waals surface area contributed by atoms with Crippen LogP contribution in [0, 0.1) is 6.92 Å². The Morgan fingerprint density at radius 3 is 2.67 bits per heavy atom. The van der Waals surface area contributed by atoms with E-state index >= 15 is 0 Å². The van der Waals surface area contributed by atoms with Gasteiger partial charge in [0.05, 0.1) is 5.56 Å². The normalized spacial score (nSPS) is 9.83. The van der Waals surface area contributed by atoms with Crippen LogP contribution in [0.3, 0.4) is 0 Å². The van der Waals surface area contributed by atoms with Gasteiger partial charge in [0, 0.05) is 4.90 Å². The third kappa shape index (κ3) is 1.61. The molecule has 2 nitrogen and oxygen atoms in total. The van der Waals surface area contributed by atoms with Crippen LogP contribution in [0.5, 0.6) is 5.75 Å². The van der Waals surface area contributed by atoms with Gasteiger partial charge >= 0.3 is 0 Å². The second kappa shape index (κ2) is 3.63. The topological polar surface area (TPSA) is 37.3 Å². The zero-order valence-electron chi connectivity index (χ0n) is 7.00. The number of rotatable bonds is 2. The van der Waals surface area contributed by atoms with Gasteiger partial charge in [0.1, 0.15) is 5.75 Å². The minimum Gasteiger partial charge on any atom is -0.507 e. The maximum Gasteiger partial charge on any atom is 0.153 e. The average Bonchev–Trinajstić information content (AvgIpc) is 2.05. The minimum absolute atomic E-state index is 0.0558. The third-order valence-electron chi connectivity index (χ3n) is 1.67. The molecule has 0 bridgehead atoms. The van der Waals surface area contributed by atoms with Gasteiger partial charge < -0.3 is 5.11 Å². The van der Waals surface area contributed by atoms with Crippen molar-refractivity contribution < 1.29 is 9.90 Å². The van der Waals surface area contributed by atoms with Crippen molar-refractivity contribution in [2.75, 3.05) is 6.26 Å². The highest BCUT2D eigenvalue weighted by Crippen LogP contribution is 2.26. The predicted octanol–water partition coefficient (Wildman–Crippen LogP) is 2.24. The summed E-state index contributed by atoms with van der Waals surface area (Å²) in [7, 11) is 0. The lowest BCUT2D eigenvalue weighted by atomic mass is 10.1. The molecule has 0 aliphatic carbocycles. The Bertz CT molecular complexity index is 308. The lowest BCUT2D eigenvalue weighted by Crippen LogP contribution is -1.85. The van der Waals surface area contributed by atoms with E-state index in [2.05, 4.69) is 0 Å². The molecular formula is C9H10O2S. The molecule has 1 rings (SSSR count). The van der Waals surface area contributed by atoms with Crippen LogP contribution in [0.4, 0.5) is 0 Å². The number of carbonyl (C=O) groups excluding carboxylic acids is 1. The zero-order chi connectivity index (χ0) is 9.14. The summed E-state index contributed by atoms with van der Waals surface area (Å²) in [6.07, 6.45) is 2.60. The monoisotopic (exact) mass is 182 g/mol. The summed E-state index contributed by atoms with van der Waals surface area (Å²) in [6, 6.07) is 3.30. The molecule has 0 radical (unpaired) electrons. The molecule has 0 aromatic heterocycles. The van der Waals surface area contributed by atoms with Gasteiger partial charge in [-0.25, -0.2) is 0 Å². The molecule has 0 atom stereocenters. The van der Waals surface area contributed by atoms with Crippen molar-refractivity contribution >= 4 is 18.0 Å². The van der Waals surface area contributed by atoms with E-state index in [-0.39, 0.29) is 5.75 Å². The zero-order valence-corrected chi connectivity index (χ0v) is 7.81. The first kappa shape index (κ1) is 9.13. The fourth-order valence-electron chi connectivity index (χ4n) is 1.00. The summed E-state index contributed by atoms with van der Waals surface area (Å²) >= 11 is 1.56. The Hall–Kier alpha value is -0.960. The highest BCUT2D eigenvalue weighted by atomic mass is 32.2. The van der Waals surface area contributed by atoms with Crippen LogP contribution in [0.25, 0.3) is 0 Å². The van der Waals surface area contributed by atoms with Crippen molar-refractivity contribution in [1.82, 2.24) is 0 Å². The second-order valence-electron chi connectivity index (χ2n) is 2.50. The van der Waals surface area contributed by atoms with E-state index < -0.39 is 0 Å². The number of benzene rings is 1. The van der Waals surface area contributed by atoms with Crippen molar-refractivity contribution in [3.8, 4) is 5.75 Å². The molecule has 0 saturated heterocycles. The Morgan fingerprint density at radius 1 is 1.50 bits per heavy atom. The van der Waals surface area contributed by atoms with E-state index in [0.29, 0.717) is 11.8 Å². The van der Waals surface area contributed by atoms with E-state index in [1.807, 2.05) is 13.2 Å². The quantitative estimate of drug-likeness (QED) is 0.563. The molecule has 1 N–H and O–H groups in total. The van der Waals surface area contributed by atoms with Crippen molar-refractivity contribution in [2.45, 2.75) is 11.8 Å². The summed E-state index contributed by atoms with van der Waals surface area (Å²) in [5.41, 5.74) is 1.34. The number of aromatic hydroxyl groups is 1. The standard InChI is InChI=1S/C9H10O2S/c1-6-3-8(11)7(5-10)4-9(6)12-2/h3-5,11H,1-2H3. The number of thioether (sulfide) groups is 1. The van der Waals surface area contributed by atoms with E-state index in [0.717, 1.165) is 10.5 Å². The first-order valence-electron chi connectivity index (χ1n) is 3.52. The molecule has 0 aliphatic rings. The van der Waals surface area contributed by atoms with Crippen molar-refractivity contribution in [1.29, 1.82) is 0 Å². The van der Waals surface area contributed by atoms with E-state index in [9.17, 15) is 9.90 Å². The van der Waals surface area contributed by atoms with Gasteiger partial charge in [0.2, 0.25) is 0 Å². The molecule has 0 spiro atoms. The fourth-order valence-corrected chi connectivity index (χ4v) is 1.63. The highest BCUT2D eigenvalue weighted by Gasteiger charge is 2.04. The largest absolute Gasteiger partial charge is 0.507 e.